The molecule has 0 bridgehead atoms. The van der Waals surface area contributed by atoms with E-state index >= 15 is 0 Å². The Hall–Kier alpha value is -1.60. The highest BCUT2D eigenvalue weighted by atomic mass is 15.0. The summed E-state index contributed by atoms with van der Waals surface area (Å²) in [4.78, 5) is 0. The van der Waals surface area contributed by atoms with Crippen LogP contribution in [0.1, 0.15) is 43.0 Å². The minimum Gasteiger partial charge on any atom is -0.303 e. The van der Waals surface area contributed by atoms with Crippen molar-refractivity contribution in [2.75, 3.05) is 0 Å². The number of nitrogens with one attached hydrogen (secondary N) is 1. The van der Waals surface area contributed by atoms with Crippen molar-refractivity contribution >= 4 is 0 Å². The molecule has 2 aromatic carbocycles. The first-order valence-corrected chi connectivity index (χ1v) is 7.20. The molecule has 1 unspecified atom stereocenters. The lowest BCUT2D eigenvalue weighted by Gasteiger charge is -2.24. The molecule has 0 aromatic heterocycles. The van der Waals surface area contributed by atoms with Crippen LogP contribution in [0.15, 0.2) is 60.7 Å². The Balaban J connectivity index is 1.76. The molecule has 0 saturated heterocycles. The third-order valence-electron chi connectivity index (χ3n) is 3.98. The van der Waals surface area contributed by atoms with E-state index in [0.29, 0.717) is 12.1 Å². The van der Waals surface area contributed by atoms with Crippen molar-refractivity contribution in [1.82, 2.24) is 5.32 Å². The van der Waals surface area contributed by atoms with Crippen molar-refractivity contribution < 1.29 is 0 Å². The molecule has 1 N–H and O–H groups in total. The SMILES string of the molecule is C[C@@H](NC(c1ccccc1)C1CC1)c1ccccc1. The molecule has 2 aromatic rings. The Morgan fingerprint density at radius 1 is 0.842 bits per heavy atom. The number of rotatable bonds is 5. The van der Waals surface area contributed by atoms with E-state index in [1.807, 2.05) is 0 Å². The number of hydrogen-bond donors (Lipinski definition) is 1. The molecule has 1 nitrogen and oxygen atoms in total. The van der Waals surface area contributed by atoms with E-state index in [9.17, 15) is 0 Å². The molecule has 1 aliphatic carbocycles. The van der Waals surface area contributed by atoms with Crippen molar-refractivity contribution in [3.63, 3.8) is 0 Å². The minimum absolute atomic E-state index is 0.395. The average Bonchev–Trinajstić information content (AvgIpc) is 3.31. The van der Waals surface area contributed by atoms with E-state index in [1.54, 1.807) is 0 Å². The normalized spacial score (nSPS) is 17.9. The van der Waals surface area contributed by atoms with Crippen LogP contribution in [0, 0.1) is 5.92 Å². The maximum Gasteiger partial charge on any atom is 0.0353 e. The molecule has 1 fully saturated rings. The molecule has 1 heteroatoms. The van der Waals surface area contributed by atoms with Crippen LogP contribution in [0.2, 0.25) is 0 Å². The highest BCUT2D eigenvalue weighted by molar-refractivity contribution is 5.23. The van der Waals surface area contributed by atoms with Gasteiger partial charge >= 0.3 is 0 Å². The highest BCUT2D eigenvalue weighted by Gasteiger charge is 2.32. The lowest BCUT2D eigenvalue weighted by Crippen LogP contribution is -2.26. The lowest BCUT2D eigenvalue weighted by atomic mass is 9.99. The molecular weight excluding hydrogens is 230 g/mol. The van der Waals surface area contributed by atoms with Crippen molar-refractivity contribution in [1.29, 1.82) is 0 Å². The molecule has 3 rings (SSSR count). The van der Waals surface area contributed by atoms with Crippen LogP contribution in [-0.2, 0) is 0 Å². The second kappa shape index (κ2) is 5.58. The van der Waals surface area contributed by atoms with E-state index in [-0.39, 0.29) is 0 Å². The van der Waals surface area contributed by atoms with E-state index in [4.69, 9.17) is 0 Å². The van der Waals surface area contributed by atoms with Gasteiger partial charge in [0.1, 0.15) is 0 Å². The minimum atomic E-state index is 0.395. The van der Waals surface area contributed by atoms with Gasteiger partial charge in [0.25, 0.3) is 0 Å². The van der Waals surface area contributed by atoms with Gasteiger partial charge < -0.3 is 5.32 Å². The van der Waals surface area contributed by atoms with Gasteiger partial charge in [0.2, 0.25) is 0 Å². The first-order chi connectivity index (χ1) is 9.34. The monoisotopic (exact) mass is 251 g/mol. The van der Waals surface area contributed by atoms with Crippen LogP contribution >= 0.6 is 0 Å². The van der Waals surface area contributed by atoms with Crippen LogP contribution in [0.3, 0.4) is 0 Å². The molecule has 1 saturated carbocycles. The van der Waals surface area contributed by atoms with Gasteiger partial charge in [-0.1, -0.05) is 60.7 Å². The third kappa shape index (κ3) is 3.05. The molecule has 0 amide bonds. The van der Waals surface area contributed by atoms with Gasteiger partial charge in [-0.25, -0.2) is 0 Å². The fourth-order valence-corrected chi connectivity index (χ4v) is 2.70. The van der Waals surface area contributed by atoms with Gasteiger partial charge in [-0.2, -0.15) is 0 Å². The Morgan fingerprint density at radius 2 is 1.37 bits per heavy atom. The molecular formula is C18H21N. The number of hydrogen-bond acceptors (Lipinski definition) is 1. The van der Waals surface area contributed by atoms with Crippen LogP contribution in [0.5, 0.6) is 0 Å². The van der Waals surface area contributed by atoms with Gasteiger partial charge in [0, 0.05) is 12.1 Å². The van der Waals surface area contributed by atoms with Crippen LogP contribution in [0.4, 0.5) is 0 Å². The topological polar surface area (TPSA) is 12.0 Å². The Bertz CT molecular complexity index is 502. The predicted molar refractivity (Wildman–Crippen MR) is 79.9 cm³/mol. The summed E-state index contributed by atoms with van der Waals surface area (Å²) < 4.78 is 0. The van der Waals surface area contributed by atoms with Crippen molar-refractivity contribution in [2.45, 2.75) is 31.8 Å². The molecule has 0 spiro atoms. The predicted octanol–water partition coefficient (Wildman–Crippen LogP) is 4.49. The number of benzene rings is 2. The van der Waals surface area contributed by atoms with Gasteiger partial charge in [-0.15, -0.1) is 0 Å². The van der Waals surface area contributed by atoms with E-state index in [1.165, 1.54) is 24.0 Å². The first-order valence-electron chi connectivity index (χ1n) is 7.20. The van der Waals surface area contributed by atoms with E-state index in [2.05, 4.69) is 72.9 Å². The summed E-state index contributed by atoms with van der Waals surface area (Å²) >= 11 is 0. The molecule has 0 radical (unpaired) electrons. The van der Waals surface area contributed by atoms with Crippen LogP contribution in [-0.4, -0.2) is 0 Å². The van der Waals surface area contributed by atoms with Gasteiger partial charge in [-0.3, -0.25) is 0 Å². The zero-order valence-corrected chi connectivity index (χ0v) is 11.4. The second-order valence-electron chi connectivity index (χ2n) is 5.52. The smallest absolute Gasteiger partial charge is 0.0353 e. The van der Waals surface area contributed by atoms with Crippen molar-refractivity contribution in [3.8, 4) is 0 Å². The Kier molecular flexibility index (Phi) is 3.65. The quantitative estimate of drug-likeness (QED) is 0.825. The van der Waals surface area contributed by atoms with Crippen LogP contribution < -0.4 is 5.32 Å². The van der Waals surface area contributed by atoms with Crippen molar-refractivity contribution in [3.05, 3.63) is 71.8 Å². The maximum absolute atomic E-state index is 3.81. The Morgan fingerprint density at radius 3 is 1.89 bits per heavy atom. The summed E-state index contributed by atoms with van der Waals surface area (Å²) in [6.07, 6.45) is 2.71. The first kappa shape index (κ1) is 12.4. The molecule has 0 heterocycles. The summed E-state index contributed by atoms with van der Waals surface area (Å²) in [5, 5.41) is 3.81. The van der Waals surface area contributed by atoms with Crippen molar-refractivity contribution in [2.24, 2.45) is 5.92 Å². The van der Waals surface area contributed by atoms with Gasteiger partial charge in [0.15, 0.2) is 0 Å². The summed E-state index contributed by atoms with van der Waals surface area (Å²) in [6, 6.07) is 22.5. The third-order valence-corrected chi connectivity index (χ3v) is 3.98. The Labute approximate surface area is 115 Å². The zero-order valence-electron chi connectivity index (χ0n) is 11.4. The fourth-order valence-electron chi connectivity index (χ4n) is 2.70. The summed E-state index contributed by atoms with van der Waals surface area (Å²) in [7, 11) is 0. The van der Waals surface area contributed by atoms with E-state index in [0.717, 1.165) is 5.92 Å². The summed E-state index contributed by atoms with van der Waals surface area (Å²) in [5.41, 5.74) is 2.79. The molecule has 1 aliphatic rings. The van der Waals surface area contributed by atoms with Gasteiger partial charge in [-0.05, 0) is 36.8 Å². The second-order valence-corrected chi connectivity index (χ2v) is 5.52. The van der Waals surface area contributed by atoms with E-state index < -0.39 is 0 Å². The molecule has 0 aliphatic heterocycles. The van der Waals surface area contributed by atoms with Crippen LogP contribution in [0.25, 0.3) is 0 Å². The summed E-state index contributed by atoms with van der Waals surface area (Å²) in [6.45, 7) is 2.26. The lowest BCUT2D eigenvalue weighted by molar-refractivity contribution is 0.427. The van der Waals surface area contributed by atoms with Gasteiger partial charge in [0.05, 0.1) is 0 Å². The fraction of sp³-hybridized carbons (Fsp3) is 0.333. The highest BCUT2D eigenvalue weighted by Crippen LogP contribution is 2.42. The molecule has 19 heavy (non-hydrogen) atoms. The maximum atomic E-state index is 3.81. The molecule has 2 atom stereocenters. The standard InChI is InChI=1S/C18H21N/c1-14(15-8-4-2-5-9-15)19-18(17-12-13-17)16-10-6-3-7-11-16/h2-11,14,17-19H,12-13H2,1H3/t14-,18?/m1/s1. The largest absolute Gasteiger partial charge is 0.303 e. The average molecular weight is 251 g/mol. The summed E-state index contributed by atoms with van der Waals surface area (Å²) in [5.74, 6) is 0.813. The molecule has 98 valence electrons. The zero-order chi connectivity index (χ0) is 13.1.